The Morgan fingerprint density at radius 2 is 1.83 bits per heavy atom. The van der Waals surface area contributed by atoms with Crippen LogP contribution in [0.25, 0.3) is 17.0 Å². The van der Waals surface area contributed by atoms with Crippen LogP contribution in [-0.4, -0.2) is 52.3 Å². The fourth-order valence-electron chi connectivity index (χ4n) is 4.80. The van der Waals surface area contributed by atoms with Crippen molar-refractivity contribution in [3.8, 4) is 0 Å². The number of amides is 3. The number of carbonyl (C=O) groups is 4. The summed E-state index contributed by atoms with van der Waals surface area (Å²) in [7, 11) is 0. The highest BCUT2D eigenvalue weighted by atomic mass is 16.5. The quantitative estimate of drug-likeness (QED) is 0.362. The second kappa shape index (κ2) is 13.5. The first-order valence-corrected chi connectivity index (χ1v) is 14.6. The molecule has 2 aromatic rings. The minimum absolute atomic E-state index is 0.0496. The number of pyridine rings is 1. The van der Waals surface area contributed by atoms with E-state index in [1.807, 2.05) is 65.0 Å². The number of ether oxygens (including phenoxy) is 1. The van der Waals surface area contributed by atoms with Gasteiger partial charge in [-0.15, -0.1) is 0 Å². The standard InChI is InChI=1S/C32H45N5O5/c1-18(2)27(28(33)38)35-31(41)32(7,8)14-13-22-16-20(5)23-11-12-24(34-26(23)17-22)21(6)42-30(40)25-10-9-15-37(36-25)29(39)19(3)4/h11-14,16-19,21,25,27,36H,9-10,15H2,1-8H3,(H2,33,38)(H,35,41)/b14-13+/t21-,25?,27+/m1/s1. The van der Waals surface area contributed by atoms with Crippen molar-refractivity contribution in [3.63, 3.8) is 0 Å². The van der Waals surface area contributed by atoms with Crippen LogP contribution in [0.3, 0.4) is 0 Å². The number of benzene rings is 1. The highest BCUT2D eigenvalue weighted by molar-refractivity contribution is 5.91. The molecule has 0 spiro atoms. The van der Waals surface area contributed by atoms with E-state index in [4.69, 9.17) is 15.5 Å². The van der Waals surface area contributed by atoms with Crippen molar-refractivity contribution < 1.29 is 23.9 Å². The van der Waals surface area contributed by atoms with Crippen molar-refractivity contribution >= 4 is 40.7 Å². The Balaban J connectivity index is 1.75. The van der Waals surface area contributed by atoms with Gasteiger partial charge < -0.3 is 15.8 Å². The van der Waals surface area contributed by atoms with E-state index in [1.165, 1.54) is 5.01 Å². The van der Waals surface area contributed by atoms with E-state index >= 15 is 0 Å². The molecule has 1 saturated heterocycles. The van der Waals surface area contributed by atoms with Gasteiger partial charge in [-0.1, -0.05) is 52.0 Å². The smallest absolute Gasteiger partial charge is 0.325 e. The Kier molecular flexibility index (Phi) is 10.5. The minimum atomic E-state index is -0.897. The van der Waals surface area contributed by atoms with Crippen LogP contribution in [0.2, 0.25) is 0 Å². The van der Waals surface area contributed by atoms with E-state index in [1.54, 1.807) is 26.8 Å². The van der Waals surface area contributed by atoms with Gasteiger partial charge in [0.05, 0.1) is 16.6 Å². The first-order chi connectivity index (χ1) is 19.6. The third-order valence-corrected chi connectivity index (χ3v) is 7.54. The molecule has 1 unspecified atom stereocenters. The third-order valence-electron chi connectivity index (χ3n) is 7.54. The van der Waals surface area contributed by atoms with Crippen molar-refractivity contribution in [1.82, 2.24) is 20.7 Å². The molecule has 0 bridgehead atoms. The fourth-order valence-corrected chi connectivity index (χ4v) is 4.80. The molecule has 1 aromatic heterocycles. The van der Waals surface area contributed by atoms with Crippen molar-refractivity contribution in [1.29, 1.82) is 0 Å². The fraction of sp³-hybridized carbons (Fsp3) is 0.531. The number of nitrogens with one attached hydrogen (secondary N) is 2. The topological polar surface area (TPSA) is 144 Å². The van der Waals surface area contributed by atoms with Crippen LogP contribution in [0.1, 0.15) is 84.2 Å². The number of aromatic nitrogens is 1. The van der Waals surface area contributed by atoms with E-state index in [0.717, 1.165) is 22.0 Å². The van der Waals surface area contributed by atoms with Crippen molar-refractivity contribution in [3.05, 3.63) is 47.2 Å². The average molecular weight is 580 g/mol. The van der Waals surface area contributed by atoms with Crippen LogP contribution in [0, 0.1) is 24.2 Å². The van der Waals surface area contributed by atoms with Crippen LogP contribution in [0.15, 0.2) is 30.3 Å². The molecule has 3 amide bonds. The van der Waals surface area contributed by atoms with Gasteiger partial charge in [0.15, 0.2) is 0 Å². The van der Waals surface area contributed by atoms with Gasteiger partial charge in [0.1, 0.15) is 18.2 Å². The number of carbonyl (C=O) groups excluding carboxylic acids is 4. The zero-order valence-electron chi connectivity index (χ0n) is 26.0. The summed E-state index contributed by atoms with van der Waals surface area (Å²) in [6, 6.07) is 6.40. The summed E-state index contributed by atoms with van der Waals surface area (Å²) in [6.07, 6.45) is 4.35. The molecule has 4 N–H and O–H groups in total. The molecular formula is C32H45N5O5. The van der Waals surface area contributed by atoms with E-state index in [9.17, 15) is 19.2 Å². The third kappa shape index (κ3) is 7.94. The molecule has 1 aromatic carbocycles. The molecule has 3 rings (SSSR count). The van der Waals surface area contributed by atoms with Crippen LogP contribution < -0.4 is 16.5 Å². The average Bonchev–Trinajstić information content (AvgIpc) is 2.93. The normalized spacial score (nSPS) is 17.5. The first kappa shape index (κ1) is 32.7. The number of rotatable bonds is 10. The van der Waals surface area contributed by atoms with E-state index in [2.05, 4.69) is 10.7 Å². The second-order valence-electron chi connectivity index (χ2n) is 12.3. The number of fused-ring (bicyclic) bond motifs is 1. The minimum Gasteiger partial charge on any atom is -0.455 e. The van der Waals surface area contributed by atoms with Gasteiger partial charge in [-0.05, 0) is 69.7 Å². The predicted octanol–water partition coefficient (Wildman–Crippen LogP) is 3.96. The summed E-state index contributed by atoms with van der Waals surface area (Å²) in [5.41, 5.74) is 10.8. The molecule has 3 atom stereocenters. The lowest BCUT2D eigenvalue weighted by atomic mass is 9.89. The Bertz CT molecular complexity index is 1370. The number of hydrogen-bond donors (Lipinski definition) is 3. The van der Waals surface area contributed by atoms with Crippen molar-refractivity contribution in [2.45, 2.75) is 86.4 Å². The lowest BCUT2D eigenvalue weighted by molar-refractivity contribution is -0.157. The molecule has 228 valence electrons. The highest BCUT2D eigenvalue weighted by Gasteiger charge is 2.32. The Labute approximate surface area is 248 Å². The summed E-state index contributed by atoms with van der Waals surface area (Å²) in [5.74, 6) is -1.63. The molecule has 10 nitrogen and oxygen atoms in total. The van der Waals surface area contributed by atoms with Gasteiger partial charge in [0.25, 0.3) is 0 Å². The number of aryl methyl sites for hydroxylation is 1. The number of nitrogens with zero attached hydrogens (tertiary/aromatic N) is 2. The summed E-state index contributed by atoms with van der Waals surface area (Å²) in [4.78, 5) is 54.8. The van der Waals surface area contributed by atoms with Crippen molar-refractivity contribution in [2.24, 2.45) is 23.0 Å². The van der Waals surface area contributed by atoms with E-state index in [0.29, 0.717) is 25.1 Å². The summed E-state index contributed by atoms with van der Waals surface area (Å²) < 4.78 is 5.76. The molecule has 0 radical (unpaired) electrons. The number of nitrogens with two attached hydrogens (primary N) is 1. The maximum atomic E-state index is 12.9. The zero-order valence-corrected chi connectivity index (χ0v) is 26.0. The Morgan fingerprint density at radius 1 is 1.14 bits per heavy atom. The maximum Gasteiger partial charge on any atom is 0.325 e. The molecule has 10 heteroatoms. The summed E-state index contributed by atoms with van der Waals surface area (Å²) in [6.45, 7) is 15.2. The highest BCUT2D eigenvalue weighted by Crippen LogP contribution is 2.26. The van der Waals surface area contributed by atoms with Gasteiger partial charge >= 0.3 is 5.97 Å². The lowest BCUT2D eigenvalue weighted by Crippen LogP contribution is -2.56. The van der Waals surface area contributed by atoms with Crippen LogP contribution >= 0.6 is 0 Å². The van der Waals surface area contributed by atoms with Crippen LogP contribution in [0.4, 0.5) is 0 Å². The molecule has 2 heterocycles. The van der Waals surface area contributed by atoms with E-state index < -0.39 is 35.5 Å². The molecule has 1 aliphatic heterocycles. The number of hydrazine groups is 1. The SMILES string of the molecule is Cc1cc(/C=C/C(C)(C)C(=O)N[C@H](C(N)=O)C(C)C)cc2nc([C@@H](C)OC(=O)C3CCCN(C(=O)C(C)C)N3)ccc12. The molecule has 0 saturated carbocycles. The van der Waals surface area contributed by atoms with Gasteiger partial charge in [-0.25, -0.2) is 10.4 Å². The first-order valence-electron chi connectivity index (χ1n) is 14.6. The number of esters is 1. The summed E-state index contributed by atoms with van der Waals surface area (Å²) >= 11 is 0. The molecular weight excluding hydrogens is 534 g/mol. The lowest BCUT2D eigenvalue weighted by Gasteiger charge is -2.34. The van der Waals surface area contributed by atoms with Gasteiger partial charge in [-0.3, -0.25) is 24.2 Å². The Hall–Kier alpha value is -3.79. The second-order valence-corrected chi connectivity index (χ2v) is 12.3. The molecule has 1 aliphatic rings. The van der Waals surface area contributed by atoms with Crippen molar-refractivity contribution in [2.75, 3.05) is 6.54 Å². The van der Waals surface area contributed by atoms with Gasteiger partial charge in [-0.2, -0.15) is 0 Å². The van der Waals surface area contributed by atoms with Crippen LogP contribution in [-0.2, 0) is 23.9 Å². The molecule has 0 aliphatic carbocycles. The maximum absolute atomic E-state index is 12.9. The number of primary amides is 1. The predicted molar refractivity (Wildman–Crippen MR) is 162 cm³/mol. The van der Waals surface area contributed by atoms with Gasteiger partial charge in [0, 0.05) is 17.8 Å². The van der Waals surface area contributed by atoms with E-state index in [-0.39, 0.29) is 23.7 Å². The monoisotopic (exact) mass is 579 g/mol. The number of hydrogen-bond acceptors (Lipinski definition) is 7. The molecule has 1 fully saturated rings. The molecule has 42 heavy (non-hydrogen) atoms. The van der Waals surface area contributed by atoms with Gasteiger partial charge in [0.2, 0.25) is 17.7 Å². The summed E-state index contributed by atoms with van der Waals surface area (Å²) in [5, 5.41) is 5.24. The largest absolute Gasteiger partial charge is 0.455 e. The van der Waals surface area contributed by atoms with Crippen LogP contribution in [0.5, 0.6) is 0 Å². The zero-order chi connectivity index (χ0) is 31.4. The Morgan fingerprint density at radius 3 is 2.45 bits per heavy atom.